The highest BCUT2D eigenvalue weighted by molar-refractivity contribution is 6.09. The topological polar surface area (TPSA) is 63.6 Å². The van der Waals surface area contributed by atoms with E-state index in [4.69, 9.17) is 14.5 Å². The van der Waals surface area contributed by atoms with Gasteiger partial charge >= 0.3 is 0 Å². The molecule has 0 fully saturated rings. The minimum Gasteiger partial charge on any atom is -0.497 e. The van der Waals surface area contributed by atoms with Gasteiger partial charge in [-0.25, -0.2) is 4.98 Å². The highest BCUT2D eigenvalue weighted by Crippen LogP contribution is 2.36. The first-order chi connectivity index (χ1) is 13.2. The zero-order chi connectivity index (χ0) is 18.8. The van der Waals surface area contributed by atoms with Crippen molar-refractivity contribution in [2.75, 3.05) is 19.5 Å². The lowest BCUT2D eigenvalue weighted by Gasteiger charge is -2.15. The molecule has 0 aliphatic rings. The third-order valence-corrected chi connectivity index (χ3v) is 4.57. The Labute approximate surface area is 157 Å². The molecule has 1 heterocycles. The molecule has 0 amide bonds. The number of methoxy groups -OCH3 is 2. The number of aliphatic hydroxyl groups excluding tert-OH is 1. The van der Waals surface area contributed by atoms with E-state index in [0.29, 0.717) is 0 Å². The molecule has 0 radical (unpaired) electrons. The summed E-state index contributed by atoms with van der Waals surface area (Å²) in [7, 11) is 3.29. The summed E-state index contributed by atoms with van der Waals surface area (Å²) in [6.45, 7) is 0.00174. The number of hydrogen-bond donors (Lipinski definition) is 2. The molecule has 27 heavy (non-hydrogen) atoms. The van der Waals surface area contributed by atoms with Crippen LogP contribution in [0.4, 0.5) is 11.4 Å². The van der Waals surface area contributed by atoms with Gasteiger partial charge in [0.1, 0.15) is 11.5 Å². The molecule has 3 aromatic carbocycles. The monoisotopic (exact) mass is 360 g/mol. The Morgan fingerprint density at radius 1 is 0.852 bits per heavy atom. The second-order valence-electron chi connectivity index (χ2n) is 6.24. The highest BCUT2D eigenvalue weighted by Gasteiger charge is 2.12. The fourth-order valence-corrected chi connectivity index (χ4v) is 3.19. The molecule has 136 valence electrons. The number of fused-ring (bicyclic) bond motifs is 2. The van der Waals surface area contributed by atoms with Crippen molar-refractivity contribution in [3.63, 3.8) is 0 Å². The molecule has 1 aromatic heterocycles. The summed E-state index contributed by atoms with van der Waals surface area (Å²) < 4.78 is 10.7. The van der Waals surface area contributed by atoms with Crippen LogP contribution in [0.5, 0.6) is 11.5 Å². The number of anilines is 2. The largest absolute Gasteiger partial charge is 0.497 e. The van der Waals surface area contributed by atoms with E-state index in [9.17, 15) is 5.11 Å². The van der Waals surface area contributed by atoms with Crippen molar-refractivity contribution in [2.45, 2.75) is 6.61 Å². The van der Waals surface area contributed by atoms with Crippen molar-refractivity contribution in [1.82, 2.24) is 4.98 Å². The van der Waals surface area contributed by atoms with Crippen LogP contribution in [0.1, 0.15) is 5.56 Å². The van der Waals surface area contributed by atoms with E-state index in [1.54, 1.807) is 14.2 Å². The lowest BCUT2D eigenvalue weighted by atomic mass is 10.1. The summed E-state index contributed by atoms with van der Waals surface area (Å²) in [4.78, 5) is 4.79. The van der Waals surface area contributed by atoms with Crippen molar-refractivity contribution in [1.29, 1.82) is 0 Å². The maximum Gasteiger partial charge on any atom is 0.121 e. The molecule has 5 heteroatoms. The van der Waals surface area contributed by atoms with Gasteiger partial charge < -0.3 is 19.9 Å². The van der Waals surface area contributed by atoms with Crippen molar-refractivity contribution in [2.24, 2.45) is 0 Å². The highest BCUT2D eigenvalue weighted by atomic mass is 16.5. The minimum atomic E-state index is 0.00174. The SMILES string of the molecule is COc1ccc2c(Nc3cccc(CO)c3)c3ccc(OC)cc3nc2c1. The number of aromatic nitrogens is 1. The fraction of sp³-hybridized carbons (Fsp3) is 0.136. The number of nitrogens with zero attached hydrogens (tertiary/aromatic N) is 1. The van der Waals surface area contributed by atoms with Gasteiger partial charge in [-0.2, -0.15) is 0 Å². The zero-order valence-electron chi connectivity index (χ0n) is 15.2. The molecular formula is C22H20N2O3. The molecule has 4 aromatic rings. The molecule has 4 rings (SSSR count). The molecule has 5 nitrogen and oxygen atoms in total. The number of ether oxygens (including phenoxy) is 2. The van der Waals surface area contributed by atoms with Crippen LogP contribution in [0.3, 0.4) is 0 Å². The predicted octanol–water partition coefficient (Wildman–Crippen LogP) is 4.64. The van der Waals surface area contributed by atoms with Gasteiger partial charge in [-0.3, -0.25) is 0 Å². The van der Waals surface area contributed by atoms with Crippen LogP contribution in [0.15, 0.2) is 60.7 Å². The quantitative estimate of drug-likeness (QED) is 0.508. The van der Waals surface area contributed by atoms with Gasteiger partial charge in [0, 0.05) is 28.6 Å². The van der Waals surface area contributed by atoms with Gasteiger partial charge in [0.2, 0.25) is 0 Å². The zero-order valence-corrected chi connectivity index (χ0v) is 15.2. The molecular weight excluding hydrogens is 340 g/mol. The number of hydrogen-bond acceptors (Lipinski definition) is 5. The molecule has 0 atom stereocenters. The average molecular weight is 360 g/mol. The van der Waals surface area contributed by atoms with Crippen molar-refractivity contribution in [3.05, 3.63) is 66.2 Å². The Morgan fingerprint density at radius 2 is 1.48 bits per heavy atom. The molecule has 0 unspecified atom stereocenters. The number of nitrogens with one attached hydrogen (secondary N) is 1. The maximum absolute atomic E-state index is 9.42. The minimum absolute atomic E-state index is 0.00174. The van der Waals surface area contributed by atoms with Gasteiger partial charge in [0.05, 0.1) is 37.5 Å². The van der Waals surface area contributed by atoms with Gasteiger partial charge in [-0.1, -0.05) is 12.1 Å². The molecule has 0 saturated heterocycles. The lowest BCUT2D eigenvalue weighted by Crippen LogP contribution is -1.97. The Kier molecular flexibility index (Phi) is 4.52. The summed E-state index contributed by atoms with van der Waals surface area (Å²) >= 11 is 0. The number of benzene rings is 3. The summed E-state index contributed by atoms with van der Waals surface area (Å²) in [6.07, 6.45) is 0. The molecule has 0 aliphatic heterocycles. The maximum atomic E-state index is 9.42. The number of pyridine rings is 1. The van der Waals surface area contributed by atoms with Crippen LogP contribution < -0.4 is 14.8 Å². The van der Waals surface area contributed by atoms with Crippen LogP contribution in [0.25, 0.3) is 21.8 Å². The Balaban J connectivity index is 1.95. The molecule has 0 aliphatic carbocycles. The van der Waals surface area contributed by atoms with Gasteiger partial charge in [0.15, 0.2) is 0 Å². The summed E-state index contributed by atoms with van der Waals surface area (Å²) in [5.41, 5.74) is 4.37. The first-order valence-electron chi connectivity index (χ1n) is 8.64. The first-order valence-corrected chi connectivity index (χ1v) is 8.64. The van der Waals surface area contributed by atoms with Crippen molar-refractivity contribution < 1.29 is 14.6 Å². The summed E-state index contributed by atoms with van der Waals surface area (Å²) in [5, 5.41) is 14.9. The van der Waals surface area contributed by atoms with Crippen LogP contribution in [0, 0.1) is 0 Å². The molecule has 0 saturated carbocycles. The van der Waals surface area contributed by atoms with Gasteiger partial charge in [-0.15, -0.1) is 0 Å². The van der Waals surface area contributed by atoms with Crippen LogP contribution >= 0.6 is 0 Å². The van der Waals surface area contributed by atoms with E-state index in [2.05, 4.69) is 5.32 Å². The smallest absolute Gasteiger partial charge is 0.121 e. The first kappa shape index (κ1) is 17.1. The third-order valence-electron chi connectivity index (χ3n) is 4.57. The van der Waals surface area contributed by atoms with Crippen LogP contribution in [-0.2, 0) is 6.61 Å². The second-order valence-corrected chi connectivity index (χ2v) is 6.24. The molecule has 0 bridgehead atoms. The Morgan fingerprint density at radius 3 is 2.04 bits per heavy atom. The summed E-state index contributed by atoms with van der Waals surface area (Å²) in [6, 6.07) is 19.4. The standard InChI is InChI=1S/C22H20N2O3/c1-26-16-6-8-18-20(11-16)24-21-12-17(27-2)7-9-19(21)22(18)23-15-5-3-4-14(10-15)13-25/h3-12,25H,13H2,1-2H3,(H,23,24). The second kappa shape index (κ2) is 7.13. The normalized spacial score (nSPS) is 10.9. The van der Waals surface area contributed by atoms with Crippen molar-refractivity contribution in [3.8, 4) is 11.5 Å². The van der Waals surface area contributed by atoms with Gasteiger partial charge in [-0.05, 0) is 42.0 Å². The van der Waals surface area contributed by atoms with Crippen molar-refractivity contribution >= 4 is 33.2 Å². The van der Waals surface area contributed by atoms with E-state index in [-0.39, 0.29) is 6.61 Å². The average Bonchev–Trinajstić information content (AvgIpc) is 2.72. The fourth-order valence-electron chi connectivity index (χ4n) is 3.19. The van der Waals surface area contributed by atoms with E-state index >= 15 is 0 Å². The third kappa shape index (κ3) is 3.25. The Hall–Kier alpha value is -3.31. The predicted molar refractivity (Wildman–Crippen MR) is 108 cm³/mol. The Bertz CT molecular complexity index is 1060. The molecule has 0 spiro atoms. The summed E-state index contributed by atoms with van der Waals surface area (Å²) in [5.74, 6) is 1.51. The van der Waals surface area contributed by atoms with E-state index < -0.39 is 0 Å². The van der Waals surface area contributed by atoms with Crippen LogP contribution in [-0.4, -0.2) is 24.3 Å². The van der Waals surface area contributed by atoms with E-state index in [1.165, 1.54) is 0 Å². The molecule has 2 N–H and O–H groups in total. The van der Waals surface area contributed by atoms with E-state index in [0.717, 1.165) is 50.2 Å². The van der Waals surface area contributed by atoms with E-state index in [1.807, 2.05) is 60.7 Å². The van der Waals surface area contributed by atoms with Gasteiger partial charge in [0.25, 0.3) is 0 Å². The lowest BCUT2D eigenvalue weighted by molar-refractivity contribution is 0.282. The number of rotatable bonds is 5. The number of aliphatic hydroxyl groups is 1. The van der Waals surface area contributed by atoms with Crippen LogP contribution in [0.2, 0.25) is 0 Å².